The van der Waals surface area contributed by atoms with Crippen molar-refractivity contribution >= 4 is 35.8 Å². The molecule has 30 heavy (non-hydrogen) atoms. The van der Waals surface area contributed by atoms with Crippen LogP contribution in [-0.2, 0) is 17.9 Å². The molecule has 0 bridgehead atoms. The highest BCUT2D eigenvalue weighted by Gasteiger charge is 2.23. The van der Waals surface area contributed by atoms with Crippen molar-refractivity contribution in [2.24, 2.45) is 4.99 Å². The average molecular weight is 524 g/mol. The van der Waals surface area contributed by atoms with Crippen molar-refractivity contribution in [3.05, 3.63) is 59.7 Å². The zero-order chi connectivity index (χ0) is 20.5. The number of nitrogens with one attached hydrogen (secondary N) is 3. The molecular weight excluding hydrogens is 495 g/mol. The first kappa shape index (κ1) is 23.8. The van der Waals surface area contributed by atoms with Crippen LogP contribution in [0.1, 0.15) is 24.0 Å². The predicted molar refractivity (Wildman–Crippen MR) is 129 cm³/mol. The molecule has 0 aliphatic heterocycles. The van der Waals surface area contributed by atoms with Crippen LogP contribution in [0.5, 0.6) is 11.5 Å². The molecule has 1 aliphatic rings. The smallest absolute Gasteiger partial charge is 0.258 e. The number of hydrogen-bond acceptors (Lipinski definition) is 4. The van der Waals surface area contributed by atoms with Crippen molar-refractivity contribution < 1.29 is 14.3 Å². The molecule has 1 fully saturated rings. The van der Waals surface area contributed by atoms with E-state index in [9.17, 15) is 4.79 Å². The summed E-state index contributed by atoms with van der Waals surface area (Å²) < 4.78 is 10.9. The molecule has 1 amide bonds. The lowest BCUT2D eigenvalue weighted by molar-refractivity contribution is -0.123. The first-order valence-corrected chi connectivity index (χ1v) is 9.75. The van der Waals surface area contributed by atoms with Gasteiger partial charge in [-0.1, -0.05) is 24.3 Å². The van der Waals surface area contributed by atoms with Crippen LogP contribution in [-0.4, -0.2) is 38.7 Å². The molecule has 8 heteroatoms. The summed E-state index contributed by atoms with van der Waals surface area (Å²) >= 11 is 0. The lowest BCUT2D eigenvalue weighted by atomic mass is 10.2. The van der Waals surface area contributed by atoms with Gasteiger partial charge in [0.15, 0.2) is 12.6 Å². The van der Waals surface area contributed by atoms with Crippen LogP contribution in [0.4, 0.5) is 0 Å². The van der Waals surface area contributed by atoms with Gasteiger partial charge in [-0.15, -0.1) is 24.0 Å². The minimum atomic E-state index is -0.0711. The fourth-order valence-electron chi connectivity index (χ4n) is 2.77. The second-order valence-electron chi connectivity index (χ2n) is 6.91. The summed E-state index contributed by atoms with van der Waals surface area (Å²) in [5.74, 6) is 2.13. The van der Waals surface area contributed by atoms with E-state index in [1.54, 1.807) is 14.2 Å². The number of rotatable bonds is 9. The highest BCUT2D eigenvalue weighted by atomic mass is 127. The van der Waals surface area contributed by atoms with Crippen molar-refractivity contribution in [3.8, 4) is 11.5 Å². The Kier molecular flexibility index (Phi) is 9.72. The maximum atomic E-state index is 11.8. The van der Waals surface area contributed by atoms with Crippen molar-refractivity contribution in [1.29, 1.82) is 0 Å². The first-order valence-electron chi connectivity index (χ1n) is 9.75. The van der Waals surface area contributed by atoms with Crippen LogP contribution in [0, 0.1) is 0 Å². The molecule has 0 saturated heterocycles. The molecule has 2 aromatic rings. The van der Waals surface area contributed by atoms with Crippen molar-refractivity contribution in [2.75, 3.05) is 20.8 Å². The molecule has 0 heterocycles. The molecule has 2 aromatic carbocycles. The van der Waals surface area contributed by atoms with E-state index in [0.717, 1.165) is 29.7 Å². The summed E-state index contributed by atoms with van der Waals surface area (Å²) in [6.45, 7) is 1.26. The van der Waals surface area contributed by atoms with Crippen LogP contribution in [0.15, 0.2) is 53.5 Å². The van der Waals surface area contributed by atoms with E-state index in [-0.39, 0.29) is 36.5 Å². The van der Waals surface area contributed by atoms with Crippen molar-refractivity contribution in [1.82, 2.24) is 16.0 Å². The number of aliphatic imine (C=N–C) groups is 1. The van der Waals surface area contributed by atoms with E-state index >= 15 is 0 Å². The molecule has 0 unspecified atom stereocenters. The van der Waals surface area contributed by atoms with Gasteiger partial charge in [0.1, 0.15) is 11.5 Å². The number of carbonyl (C=O) groups is 1. The zero-order valence-electron chi connectivity index (χ0n) is 17.3. The molecule has 1 saturated carbocycles. The van der Waals surface area contributed by atoms with Gasteiger partial charge in [-0.25, -0.2) is 0 Å². The van der Waals surface area contributed by atoms with Crippen molar-refractivity contribution in [3.63, 3.8) is 0 Å². The lowest BCUT2D eigenvalue weighted by Crippen LogP contribution is -2.36. The standard InChI is InChI=1S/C22H28N4O3.HI/c1-23-22(24-13-16-5-3-7-19(11-16)28-2)25-14-17-6-4-8-20(12-17)29-15-21(27)26-18-9-10-18;/h3-8,11-12,18H,9-10,13-15H2,1-2H3,(H,26,27)(H2,23,24,25);1H. The molecule has 162 valence electrons. The van der Waals surface area contributed by atoms with E-state index in [0.29, 0.717) is 30.8 Å². The summed E-state index contributed by atoms with van der Waals surface area (Å²) in [7, 11) is 3.39. The fourth-order valence-corrected chi connectivity index (χ4v) is 2.77. The molecule has 0 atom stereocenters. The quantitative estimate of drug-likeness (QED) is 0.267. The van der Waals surface area contributed by atoms with Crippen LogP contribution in [0.25, 0.3) is 0 Å². The zero-order valence-corrected chi connectivity index (χ0v) is 19.6. The van der Waals surface area contributed by atoms with Gasteiger partial charge in [0.2, 0.25) is 0 Å². The van der Waals surface area contributed by atoms with E-state index in [1.165, 1.54) is 0 Å². The van der Waals surface area contributed by atoms with Gasteiger partial charge < -0.3 is 25.4 Å². The first-order chi connectivity index (χ1) is 14.2. The Bertz CT molecular complexity index is 856. The minimum absolute atomic E-state index is 0. The Balaban J connectivity index is 0.00000320. The molecule has 1 aliphatic carbocycles. The monoisotopic (exact) mass is 524 g/mol. The highest BCUT2D eigenvalue weighted by molar-refractivity contribution is 14.0. The summed E-state index contributed by atoms with van der Waals surface area (Å²) in [5, 5.41) is 9.48. The van der Waals surface area contributed by atoms with Gasteiger partial charge in [0, 0.05) is 26.2 Å². The van der Waals surface area contributed by atoms with Gasteiger partial charge in [-0.3, -0.25) is 9.79 Å². The Hall–Kier alpha value is -2.49. The third-order valence-electron chi connectivity index (χ3n) is 4.49. The Morgan fingerprint density at radius 2 is 1.63 bits per heavy atom. The fraction of sp³-hybridized carbons (Fsp3) is 0.364. The minimum Gasteiger partial charge on any atom is -0.497 e. The van der Waals surface area contributed by atoms with E-state index in [2.05, 4.69) is 20.9 Å². The van der Waals surface area contributed by atoms with E-state index in [4.69, 9.17) is 9.47 Å². The van der Waals surface area contributed by atoms with Gasteiger partial charge in [-0.05, 0) is 48.2 Å². The molecular formula is C22H29IN4O3. The summed E-state index contributed by atoms with van der Waals surface area (Å²) in [5.41, 5.74) is 2.14. The van der Waals surface area contributed by atoms with E-state index < -0.39 is 0 Å². The molecule has 3 N–H and O–H groups in total. The number of amides is 1. The molecule has 0 radical (unpaired) electrons. The van der Waals surface area contributed by atoms with Crippen LogP contribution >= 0.6 is 24.0 Å². The topological polar surface area (TPSA) is 84.0 Å². The number of halogens is 1. The third-order valence-corrected chi connectivity index (χ3v) is 4.49. The van der Waals surface area contributed by atoms with Gasteiger partial charge in [0.05, 0.1) is 7.11 Å². The lowest BCUT2D eigenvalue weighted by Gasteiger charge is -2.13. The third kappa shape index (κ3) is 8.10. The highest BCUT2D eigenvalue weighted by Crippen LogP contribution is 2.18. The van der Waals surface area contributed by atoms with Gasteiger partial charge in [0.25, 0.3) is 5.91 Å². The number of ether oxygens (including phenoxy) is 2. The van der Waals surface area contributed by atoms with Crippen LogP contribution < -0.4 is 25.4 Å². The predicted octanol–water partition coefficient (Wildman–Crippen LogP) is 2.84. The summed E-state index contributed by atoms with van der Waals surface area (Å²) in [4.78, 5) is 16.0. The van der Waals surface area contributed by atoms with E-state index in [1.807, 2.05) is 48.5 Å². The molecule has 0 aromatic heterocycles. The number of guanidine groups is 1. The Labute approximate surface area is 194 Å². The Morgan fingerprint density at radius 3 is 2.20 bits per heavy atom. The van der Waals surface area contributed by atoms with Gasteiger partial charge in [-0.2, -0.15) is 0 Å². The Morgan fingerprint density at radius 1 is 1.03 bits per heavy atom. The normalized spacial score (nSPS) is 13.1. The number of carbonyl (C=O) groups excluding carboxylic acids is 1. The maximum Gasteiger partial charge on any atom is 0.258 e. The number of nitrogens with zero attached hydrogens (tertiary/aromatic N) is 1. The summed E-state index contributed by atoms with van der Waals surface area (Å²) in [6, 6.07) is 15.9. The number of methoxy groups -OCH3 is 1. The molecule has 7 nitrogen and oxygen atoms in total. The second kappa shape index (κ2) is 12.3. The van der Waals surface area contributed by atoms with Gasteiger partial charge >= 0.3 is 0 Å². The second-order valence-corrected chi connectivity index (χ2v) is 6.91. The van der Waals surface area contributed by atoms with Crippen LogP contribution in [0.2, 0.25) is 0 Å². The summed E-state index contributed by atoms with van der Waals surface area (Å²) in [6.07, 6.45) is 2.14. The number of hydrogen-bond donors (Lipinski definition) is 3. The maximum absolute atomic E-state index is 11.8. The largest absolute Gasteiger partial charge is 0.497 e. The van der Waals surface area contributed by atoms with Crippen LogP contribution in [0.3, 0.4) is 0 Å². The molecule has 0 spiro atoms. The van der Waals surface area contributed by atoms with Crippen molar-refractivity contribution in [2.45, 2.75) is 32.0 Å². The average Bonchev–Trinajstić information content (AvgIpc) is 3.57. The molecule has 3 rings (SSSR count). The number of benzene rings is 2. The SMILES string of the molecule is CN=C(NCc1cccc(OC)c1)NCc1cccc(OCC(=O)NC2CC2)c1.I.